The number of nitrogens with two attached hydrogens (primary N) is 1. The van der Waals surface area contributed by atoms with Gasteiger partial charge >= 0.3 is 0 Å². The van der Waals surface area contributed by atoms with Crippen LogP contribution >= 0.6 is 11.6 Å². The summed E-state index contributed by atoms with van der Waals surface area (Å²) in [6.45, 7) is 0.289. The first-order valence-electron chi connectivity index (χ1n) is 4.02. The second kappa shape index (κ2) is 4.57. The minimum Gasteiger partial charge on any atom is -0.493 e. The lowest BCUT2D eigenvalue weighted by Crippen LogP contribution is -2.06. The molecule has 78 valence electrons. The first-order valence-corrected chi connectivity index (χ1v) is 4.40. The number of methoxy groups -OCH3 is 1. The van der Waals surface area contributed by atoms with Crippen molar-refractivity contribution in [2.45, 2.75) is 6.42 Å². The van der Waals surface area contributed by atoms with Gasteiger partial charge in [0.05, 0.1) is 7.11 Å². The second-order valence-electron chi connectivity index (χ2n) is 2.72. The Morgan fingerprint density at radius 2 is 2.14 bits per heavy atom. The number of hydrogen-bond donors (Lipinski definition) is 1. The van der Waals surface area contributed by atoms with Crippen molar-refractivity contribution >= 4 is 11.6 Å². The lowest BCUT2D eigenvalue weighted by Gasteiger charge is -2.10. The van der Waals surface area contributed by atoms with Gasteiger partial charge in [0.25, 0.3) is 0 Å². The molecule has 0 aliphatic heterocycles. The Hall–Kier alpha value is -0.870. The van der Waals surface area contributed by atoms with Crippen LogP contribution in [0.25, 0.3) is 0 Å². The van der Waals surface area contributed by atoms with Crippen molar-refractivity contribution in [3.05, 3.63) is 28.3 Å². The molecule has 2 nitrogen and oxygen atoms in total. The fraction of sp³-hybridized carbons (Fsp3) is 0.333. The Morgan fingerprint density at radius 3 is 2.64 bits per heavy atom. The molecule has 0 aliphatic rings. The molecule has 0 saturated carbocycles. The third-order valence-electron chi connectivity index (χ3n) is 1.81. The summed E-state index contributed by atoms with van der Waals surface area (Å²) in [6, 6.07) is 1.14. The van der Waals surface area contributed by atoms with Crippen molar-refractivity contribution in [3.63, 3.8) is 0 Å². The van der Waals surface area contributed by atoms with Crippen molar-refractivity contribution < 1.29 is 13.5 Å². The van der Waals surface area contributed by atoms with Crippen LogP contribution in [-0.2, 0) is 6.42 Å². The van der Waals surface area contributed by atoms with Crippen LogP contribution in [0.5, 0.6) is 5.75 Å². The normalized spacial score (nSPS) is 10.4. The maximum Gasteiger partial charge on any atom is 0.186 e. The molecular weight excluding hydrogens is 212 g/mol. The molecule has 0 saturated heterocycles. The predicted molar refractivity (Wildman–Crippen MR) is 50.7 cm³/mol. The molecule has 0 unspecified atom stereocenters. The summed E-state index contributed by atoms with van der Waals surface area (Å²) >= 11 is 5.37. The molecule has 1 rings (SSSR count). The summed E-state index contributed by atoms with van der Waals surface area (Å²) in [5.41, 5.74) is 5.67. The van der Waals surface area contributed by atoms with E-state index in [1.165, 1.54) is 7.11 Å². The molecule has 0 spiro atoms. The maximum absolute atomic E-state index is 13.3. The number of rotatable bonds is 3. The molecule has 2 N–H and O–H groups in total. The lowest BCUT2D eigenvalue weighted by molar-refractivity contribution is 0.379. The van der Waals surface area contributed by atoms with Crippen LogP contribution in [0.3, 0.4) is 0 Å². The van der Waals surface area contributed by atoms with Gasteiger partial charge in [-0.25, -0.2) is 8.78 Å². The number of hydrogen-bond acceptors (Lipinski definition) is 2. The smallest absolute Gasteiger partial charge is 0.186 e. The molecule has 0 aliphatic carbocycles. The largest absolute Gasteiger partial charge is 0.493 e. The zero-order chi connectivity index (χ0) is 10.7. The van der Waals surface area contributed by atoms with E-state index in [-0.39, 0.29) is 12.3 Å². The van der Waals surface area contributed by atoms with Crippen LogP contribution in [0.4, 0.5) is 8.78 Å². The van der Waals surface area contributed by atoms with Crippen LogP contribution in [0.2, 0.25) is 5.02 Å². The van der Waals surface area contributed by atoms with Crippen LogP contribution < -0.4 is 10.5 Å². The van der Waals surface area contributed by atoms with E-state index in [2.05, 4.69) is 0 Å². The molecule has 0 amide bonds. The molecule has 14 heavy (non-hydrogen) atoms. The highest BCUT2D eigenvalue weighted by molar-refractivity contribution is 6.31. The van der Waals surface area contributed by atoms with Crippen LogP contribution in [0.1, 0.15) is 5.56 Å². The Morgan fingerprint density at radius 1 is 1.50 bits per heavy atom. The van der Waals surface area contributed by atoms with E-state index in [0.717, 1.165) is 6.07 Å². The Balaban J connectivity index is 3.28. The van der Waals surface area contributed by atoms with Crippen molar-refractivity contribution in [2.75, 3.05) is 13.7 Å². The summed E-state index contributed by atoms with van der Waals surface area (Å²) in [4.78, 5) is 0. The van der Waals surface area contributed by atoms with E-state index in [1.807, 2.05) is 0 Å². The van der Waals surface area contributed by atoms with E-state index < -0.39 is 16.7 Å². The summed E-state index contributed by atoms with van der Waals surface area (Å²) in [5, 5.41) is -0.553. The van der Waals surface area contributed by atoms with Gasteiger partial charge in [-0.3, -0.25) is 0 Å². The average molecular weight is 222 g/mol. The standard InChI is InChI=1S/C9H10ClF2NO/c1-14-9-5(2-3-13)4-6(11)7(10)8(9)12/h4H,2-3,13H2,1H3. The highest BCUT2D eigenvalue weighted by atomic mass is 35.5. The molecule has 1 aromatic rings. The van der Waals surface area contributed by atoms with E-state index in [4.69, 9.17) is 22.1 Å². The lowest BCUT2D eigenvalue weighted by atomic mass is 10.1. The number of ether oxygens (including phenoxy) is 1. The predicted octanol–water partition coefficient (Wildman–Crippen LogP) is 2.13. The molecule has 0 fully saturated rings. The zero-order valence-electron chi connectivity index (χ0n) is 7.61. The van der Waals surface area contributed by atoms with Gasteiger partial charge < -0.3 is 10.5 Å². The van der Waals surface area contributed by atoms with Crippen molar-refractivity contribution in [1.29, 1.82) is 0 Å². The minimum atomic E-state index is -0.877. The van der Waals surface area contributed by atoms with Crippen LogP contribution in [-0.4, -0.2) is 13.7 Å². The highest BCUT2D eigenvalue weighted by Gasteiger charge is 2.17. The van der Waals surface area contributed by atoms with Gasteiger partial charge in [0.2, 0.25) is 0 Å². The maximum atomic E-state index is 13.3. The van der Waals surface area contributed by atoms with Crippen LogP contribution in [0, 0.1) is 11.6 Å². The average Bonchev–Trinajstić information content (AvgIpc) is 2.16. The molecule has 0 heterocycles. The van der Waals surface area contributed by atoms with Gasteiger partial charge in [-0.2, -0.15) is 0 Å². The van der Waals surface area contributed by atoms with E-state index >= 15 is 0 Å². The number of halogens is 3. The Kier molecular flexibility index (Phi) is 3.66. The molecule has 5 heteroatoms. The summed E-state index contributed by atoms with van der Waals surface area (Å²) in [5.74, 6) is -1.71. The van der Waals surface area contributed by atoms with E-state index in [9.17, 15) is 8.78 Å². The topological polar surface area (TPSA) is 35.2 Å². The van der Waals surface area contributed by atoms with Gasteiger partial charge in [0, 0.05) is 5.56 Å². The first-order chi connectivity index (χ1) is 6.61. The molecule has 0 bridgehead atoms. The fourth-order valence-corrected chi connectivity index (χ4v) is 1.33. The Labute approximate surface area is 85.6 Å². The fourth-order valence-electron chi connectivity index (χ4n) is 1.19. The van der Waals surface area contributed by atoms with Gasteiger partial charge in [0.15, 0.2) is 11.6 Å². The molecular formula is C9H10ClF2NO. The molecule has 0 atom stereocenters. The van der Waals surface area contributed by atoms with Gasteiger partial charge in [-0.05, 0) is 19.0 Å². The Bertz CT molecular complexity index is 344. The SMILES string of the molecule is COc1c(CCN)cc(F)c(Cl)c1F. The third kappa shape index (κ3) is 1.96. The second-order valence-corrected chi connectivity index (χ2v) is 3.10. The van der Waals surface area contributed by atoms with Crippen molar-refractivity contribution in [2.24, 2.45) is 5.73 Å². The number of benzene rings is 1. The van der Waals surface area contributed by atoms with Gasteiger partial charge in [0.1, 0.15) is 10.8 Å². The van der Waals surface area contributed by atoms with Crippen molar-refractivity contribution in [3.8, 4) is 5.75 Å². The monoisotopic (exact) mass is 221 g/mol. The summed E-state index contributed by atoms with van der Waals surface area (Å²) < 4.78 is 31.1. The molecule has 0 aromatic heterocycles. The minimum absolute atomic E-state index is 0.0400. The third-order valence-corrected chi connectivity index (χ3v) is 2.16. The first kappa shape index (κ1) is 11.2. The quantitative estimate of drug-likeness (QED) is 0.794. The highest BCUT2D eigenvalue weighted by Crippen LogP contribution is 2.31. The summed E-state index contributed by atoms with van der Waals surface area (Å²) in [6.07, 6.45) is 0.341. The summed E-state index contributed by atoms with van der Waals surface area (Å²) in [7, 11) is 1.30. The molecule has 1 aromatic carbocycles. The van der Waals surface area contributed by atoms with Crippen molar-refractivity contribution in [1.82, 2.24) is 0 Å². The van der Waals surface area contributed by atoms with Gasteiger partial charge in [-0.1, -0.05) is 11.6 Å². The zero-order valence-corrected chi connectivity index (χ0v) is 8.37. The van der Waals surface area contributed by atoms with E-state index in [1.54, 1.807) is 0 Å². The molecule has 0 radical (unpaired) electrons. The van der Waals surface area contributed by atoms with Crippen LogP contribution in [0.15, 0.2) is 6.07 Å². The van der Waals surface area contributed by atoms with E-state index in [0.29, 0.717) is 12.0 Å². The van der Waals surface area contributed by atoms with Gasteiger partial charge in [-0.15, -0.1) is 0 Å².